The highest BCUT2D eigenvalue weighted by atomic mass is 35.5. The Morgan fingerprint density at radius 2 is 1.83 bits per heavy atom. The van der Waals surface area contributed by atoms with E-state index in [2.05, 4.69) is 5.32 Å². The minimum atomic E-state index is -3.05. The molecule has 1 aliphatic heterocycles. The van der Waals surface area contributed by atoms with Gasteiger partial charge in [-0.25, -0.2) is 12.7 Å². The Hall–Kier alpha value is 0.160. The average molecular weight is 297 g/mol. The van der Waals surface area contributed by atoms with Crippen LogP contribution in [0.4, 0.5) is 0 Å². The largest absolute Gasteiger partial charge is 0.315 e. The molecule has 1 N–H and O–H groups in total. The number of hydrogen-bond donors (Lipinski definition) is 1. The highest BCUT2D eigenvalue weighted by Gasteiger charge is 2.30. The lowest BCUT2D eigenvalue weighted by Gasteiger charge is -2.27. The molecule has 0 amide bonds. The maximum absolute atomic E-state index is 12.3. The fraction of sp³-hybridized carbons (Fsp3) is 1.00. The van der Waals surface area contributed by atoms with Crippen LogP contribution in [0.2, 0.25) is 0 Å². The minimum absolute atomic E-state index is 0. The van der Waals surface area contributed by atoms with Crippen LogP contribution in [0.15, 0.2) is 0 Å². The number of nitrogens with zero attached hydrogens (tertiary/aromatic N) is 1. The van der Waals surface area contributed by atoms with Crippen LogP contribution in [-0.2, 0) is 10.0 Å². The van der Waals surface area contributed by atoms with Crippen LogP contribution in [-0.4, -0.2) is 44.7 Å². The smallest absolute Gasteiger partial charge is 0.214 e. The molecule has 0 spiro atoms. The standard InChI is InChI=1S/C12H24N2O2S.ClH/c1-14(12-7-8-13-9-12)17(15,16)10-11-5-3-2-4-6-11;/h11-13H,2-10H2,1H3;1H. The van der Waals surface area contributed by atoms with Crippen molar-refractivity contribution in [2.45, 2.75) is 44.6 Å². The van der Waals surface area contributed by atoms with Gasteiger partial charge in [-0.2, -0.15) is 0 Å². The lowest BCUT2D eigenvalue weighted by Crippen LogP contribution is -2.41. The normalized spacial score (nSPS) is 26.2. The van der Waals surface area contributed by atoms with Crippen molar-refractivity contribution in [2.75, 3.05) is 25.9 Å². The van der Waals surface area contributed by atoms with Gasteiger partial charge in [0.05, 0.1) is 5.75 Å². The summed E-state index contributed by atoms with van der Waals surface area (Å²) in [4.78, 5) is 0. The van der Waals surface area contributed by atoms with Crippen molar-refractivity contribution in [3.63, 3.8) is 0 Å². The topological polar surface area (TPSA) is 49.4 Å². The summed E-state index contributed by atoms with van der Waals surface area (Å²) in [6, 6.07) is 0.170. The Labute approximate surface area is 117 Å². The minimum Gasteiger partial charge on any atom is -0.315 e. The third kappa shape index (κ3) is 4.08. The third-order valence-electron chi connectivity index (χ3n) is 4.16. The summed E-state index contributed by atoms with van der Waals surface area (Å²) in [7, 11) is -1.30. The van der Waals surface area contributed by atoms with E-state index in [0.29, 0.717) is 11.7 Å². The van der Waals surface area contributed by atoms with Crippen LogP contribution < -0.4 is 5.32 Å². The molecule has 1 saturated heterocycles. The van der Waals surface area contributed by atoms with Gasteiger partial charge in [0.25, 0.3) is 0 Å². The average Bonchev–Trinajstić information content (AvgIpc) is 2.82. The van der Waals surface area contributed by atoms with Crippen LogP contribution in [0.1, 0.15) is 38.5 Å². The quantitative estimate of drug-likeness (QED) is 0.857. The number of sulfonamides is 1. The number of nitrogens with one attached hydrogen (secondary N) is 1. The van der Waals surface area contributed by atoms with E-state index in [1.165, 1.54) is 19.3 Å². The zero-order valence-electron chi connectivity index (χ0n) is 11.1. The first kappa shape index (κ1) is 16.2. The van der Waals surface area contributed by atoms with Crippen molar-refractivity contribution in [3.8, 4) is 0 Å². The molecule has 0 bridgehead atoms. The van der Waals surface area contributed by atoms with Crippen LogP contribution in [0.25, 0.3) is 0 Å². The summed E-state index contributed by atoms with van der Waals surface area (Å²) < 4.78 is 26.2. The van der Waals surface area contributed by atoms with Gasteiger partial charge in [0.2, 0.25) is 10.0 Å². The zero-order valence-corrected chi connectivity index (χ0v) is 12.7. The lowest BCUT2D eigenvalue weighted by atomic mass is 9.91. The molecular weight excluding hydrogens is 272 g/mol. The Bertz CT molecular complexity index is 336. The monoisotopic (exact) mass is 296 g/mol. The maximum Gasteiger partial charge on any atom is 0.214 e. The van der Waals surface area contributed by atoms with Crippen molar-refractivity contribution >= 4 is 22.4 Å². The second kappa shape index (κ2) is 7.08. The highest BCUT2D eigenvalue weighted by Crippen LogP contribution is 2.26. The molecule has 1 unspecified atom stereocenters. The summed E-state index contributed by atoms with van der Waals surface area (Å²) in [6.07, 6.45) is 6.81. The first-order chi connectivity index (χ1) is 8.09. The van der Waals surface area contributed by atoms with Gasteiger partial charge in [0, 0.05) is 19.6 Å². The van der Waals surface area contributed by atoms with E-state index in [9.17, 15) is 8.42 Å². The number of halogens is 1. The fourth-order valence-electron chi connectivity index (χ4n) is 2.95. The number of hydrogen-bond acceptors (Lipinski definition) is 3. The molecule has 108 valence electrons. The number of likely N-dealkylation sites (N-methyl/N-ethyl adjacent to an activating group) is 1. The predicted octanol–water partition coefficient (Wildman–Crippen LogP) is 1.61. The first-order valence-corrected chi connectivity index (χ1v) is 8.37. The Kier molecular flexibility index (Phi) is 6.38. The van der Waals surface area contributed by atoms with Crippen molar-refractivity contribution in [2.24, 2.45) is 5.92 Å². The van der Waals surface area contributed by atoms with Gasteiger partial charge in [0.1, 0.15) is 0 Å². The van der Waals surface area contributed by atoms with Crippen LogP contribution in [0.5, 0.6) is 0 Å². The summed E-state index contributed by atoms with van der Waals surface area (Å²) in [5.41, 5.74) is 0. The fourth-order valence-corrected chi connectivity index (χ4v) is 4.74. The van der Waals surface area contributed by atoms with Gasteiger partial charge < -0.3 is 5.32 Å². The SMILES string of the molecule is CN(C1CCNC1)S(=O)(=O)CC1CCCCC1.Cl. The molecular formula is C12H25ClN2O2S. The molecule has 0 aromatic rings. The molecule has 18 heavy (non-hydrogen) atoms. The van der Waals surface area contributed by atoms with E-state index in [1.54, 1.807) is 11.4 Å². The lowest BCUT2D eigenvalue weighted by molar-refractivity contribution is 0.356. The van der Waals surface area contributed by atoms with E-state index in [4.69, 9.17) is 0 Å². The molecule has 6 heteroatoms. The molecule has 2 aliphatic rings. The van der Waals surface area contributed by atoms with Gasteiger partial charge >= 0.3 is 0 Å². The number of rotatable bonds is 4. The summed E-state index contributed by atoms with van der Waals surface area (Å²) in [6.45, 7) is 1.74. The van der Waals surface area contributed by atoms with Crippen molar-refractivity contribution in [1.29, 1.82) is 0 Å². The molecule has 0 aromatic carbocycles. The third-order valence-corrected chi connectivity index (χ3v) is 6.23. The van der Waals surface area contributed by atoms with E-state index in [-0.39, 0.29) is 18.4 Å². The molecule has 0 aromatic heterocycles. The van der Waals surface area contributed by atoms with E-state index in [0.717, 1.165) is 32.4 Å². The molecule has 0 radical (unpaired) electrons. The molecule has 1 heterocycles. The second-order valence-electron chi connectivity index (χ2n) is 5.45. The van der Waals surface area contributed by atoms with Gasteiger partial charge in [-0.3, -0.25) is 0 Å². The van der Waals surface area contributed by atoms with E-state index in [1.807, 2.05) is 0 Å². The van der Waals surface area contributed by atoms with E-state index >= 15 is 0 Å². The Morgan fingerprint density at radius 3 is 2.39 bits per heavy atom. The van der Waals surface area contributed by atoms with Gasteiger partial charge in [-0.15, -0.1) is 12.4 Å². The molecule has 2 rings (SSSR count). The van der Waals surface area contributed by atoms with Crippen molar-refractivity contribution in [3.05, 3.63) is 0 Å². The molecule has 4 nitrogen and oxygen atoms in total. The molecule has 1 aliphatic carbocycles. The van der Waals surface area contributed by atoms with Gasteiger partial charge in [-0.1, -0.05) is 19.3 Å². The Morgan fingerprint density at radius 1 is 1.17 bits per heavy atom. The maximum atomic E-state index is 12.3. The first-order valence-electron chi connectivity index (χ1n) is 6.76. The van der Waals surface area contributed by atoms with Crippen LogP contribution >= 0.6 is 12.4 Å². The van der Waals surface area contributed by atoms with Crippen molar-refractivity contribution in [1.82, 2.24) is 9.62 Å². The summed E-state index contributed by atoms with van der Waals surface area (Å²) in [5, 5.41) is 3.22. The summed E-state index contributed by atoms with van der Waals surface area (Å²) >= 11 is 0. The zero-order chi connectivity index (χ0) is 12.3. The summed E-state index contributed by atoms with van der Waals surface area (Å²) in [5.74, 6) is 0.755. The van der Waals surface area contributed by atoms with Crippen molar-refractivity contribution < 1.29 is 8.42 Å². The van der Waals surface area contributed by atoms with E-state index < -0.39 is 10.0 Å². The van der Waals surface area contributed by atoms with Gasteiger partial charge in [-0.05, 0) is 31.7 Å². The molecule has 1 saturated carbocycles. The highest BCUT2D eigenvalue weighted by molar-refractivity contribution is 7.89. The molecule has 1 atom stereocenters. The second-order valence-corrected chi connectivity index (χ2v) is 7.52. The van der Waals surface area contributed by atoms with Gasteiger partial charge in [0.15, 0.2) is 0 Å². The van der Waals surface area contributed by atoms with Crippen LogP contribution in [0, 0.1) is 5.92 Å². The molecule has 2 fully saturated rings. The predicted molar refractivity (Wildman–Crippen MR) is 76.6 cm³/mol. The Balaban J connectivity index is 0.00000162. The van der Waals surface area contributed by atoms with Crippen LogP contribution in [0.3, 0.4) is 0 Å².